The van der Waals surface area contributed by atoms with Crippen LogP contribution in [0.15, 0.2) is 42.7 Å². The highest BCUT2D eigenvalue weighted by Gasteiger charge is 2.10. The van der Waals surface area contributed by atoms with E-state index < -0.39 is 0 Å². The summed E-state index contributed by atoms with van der Waals surface area (Å²) in [4.78, 5) is 11.9. The topological polar surface area (TPSA) is 67.2 Å². The zero-order chi connectivity index (χ0) is 13.0. The van der Waals surface area contributed by atoms with Crippen LogP contribution in [0.4, 0.5) is 0 Å². The molecule has 18 heavy (non-hydrogen) atoms. The van der Waals surface area contributed by atoms with E-state index in [0.29, 0.717) is 12.1 Å². The van der Waals surface area contributed by atoms with Gasteiger partial charge in [-0.1, -0.05) is 6.07 Å². The van der Waals surface area contributed by atoms with Crippen LogP contribution < -0.4 is 5.32 Å². The lowest BCUT2D eigenvalue weighted by molar-refractivity contribution is 0.0935. The van der Waals surface area contributed by atoms with Gasteiger partial charge in [-0.05, 0) is 31.2 Å². The lowest BCUT2D eigenvalue weighted by Gasteiger charge is -2.14. The van der Waals surface area contributed by atoms with Crippen molar-refractivity contribution in [3.63, 3.8) is 0 Å². The number of aromatic hydroxyl groups is 1. The molecule has 2 rings (SSSR count). The molecule has 0 saturated heterocycles. The largest absolute Gasteiger partial charge is 0.508 e. The van der Waals surface area contributed by atoms with Crippen LogP contribution in [0.5, 0.6) is 5.75 Å². The highest BCUT2D eigenvalue weighted by Crippen LogP contribution is 2.10. The number of nitrogens with one attached hydrogen (secondary N) is 1. The Bertz CT molecular complexity index is 523. The maximum atomic E-state index is 11.9. The molecule has 0 saturated carbocycles. The van der Waals surface area contributed by atoms with Gasteiger partial charge < -0.3 is 10.4 Å². The van der Waals surface area contributed by atoms with Crippen LogP contribution in [0, 0.1) is 0 Å². The van der Waals surface area contributed by atoms with E-state index in [0.717, 1.165) is 0 Å². The molecule has 2 N–H and O–H groups in total. The minimum atomic E-state index is -0.203. The van der Waals surface area contributed by atoms with E-state index in [2.05, 4.69) is 10.4 Å². The van der Waals surface area contributed by atoms with Crippen molar-refractivity contribution in [3.8, 4) is 5.75 Å². The Morgan fingerprint density at radius 3 is 3.00 bits per heavy atom. The van der Waals surface area contributed by atoms with Crippen molar-refractivity contribution in [1.82, 2.24) is 15.1 Å². The van der Waals surface area contributed by atoms with Gasteiger partial charge in [0.25, 0.3) is 5.91 Å². The Balaban J connectivity index is 1.95. The predicted octanol–water partition coefficient (Wildman–Crippen LogP) is 1.41. The molecule has 1 unspecified atom stereocenters. The number of nitrogens with zero attached hydrogens (tertiary/aromatic N) is 2. The van der Waals surface area contributed by atoms with Crippen LogP contribution in [-0.2, 0) is 6.54 Å². The second kappa shape index (κ2) is 5.35. The number of hydrogen-bond acceptors (Lipinski definition) is 3. The first kappa shape index (κ1) is 12.2. The molecular weight excluding hydrogens is 230 g/mol. The zero-order valence-electron chi connectivity index (χ0n) is 10.1. The molecule has 1 aromatic heterocycles. The van der Waals surface area contributed by atoms with Gasteiger partial charge in [-0.15, -0.1) is 0 Å². The SMILES string of the molecule is CC(Cn1cccn1)NC(=O)c1cccc(O)c1. The number of hydrogen-bond donors (Lipinski definition) is 2. The highest BCUT2D eigenvalue weighted by molar-refractivity contribution is 5.94. The quantitative estimate of drug-likeness (QED) is 0.855. The molecule has 1 amide bonds. The number of phenolic OH excluding ortho intramolecular Hbond substituents is 1. The number of benzene rings is 1. The van der Waals surface area contributed by atoms with Crippen LogP contribution in [0.1, 0.15) is 17.3 Å². The molecule has 0 bridgehead atoms. The van der Waals surface area contributed by atoms with E-state index >= 15 is 0 Å². The summed E-state index contributed by atoms with van der Waals surface area (Å²) in [6.45, 7) is 2.51. The molecule has 0 aliphatic rings. The molecule has 1 atom stereocenters. The third kappa shape index (κ3) is 3.10. The molecule has 1 heterocycles. The van der Waals surface area contributed by atoms with Gasteiger partial charge in [-0.2, -0.15) is 5.10 Å². The van der Waals surface area contributed by atoms with E-state index in [4.69, 9.17) is 0 Å². The van der Waals surface area contributed by atoms with E-state index in [1.165, 1.54) is 12.1 Å². The summed E-state index contributed by atoms with van der Waals surface area (Å²) in [7, 11) is 0. The zero-order valence-corrected chi connectivity index (χ0v) is 10.1. The molecule has 0 spiro atoms. The first-order valence-electron chi connectivity index (χ1n) is 5.72. The maximum absolute atomic E-state index is 11.9. The summed E-state index contributed by atoms with van der Waals surface area (Å²) in [6.07, 6.45) is 3.54. The Hall–Kier alpha value is -2.30. The van der Waals surface area contributed by atoms with Crippen molar-refractivity contribution < 1.29 is 9.90 Å². The van der Waals surface area contributed by atoms with Crippen molar-refractivity contribution >= 4 is 5.91 Å². The summed E-state index contributed by atoms with van der Waals surface area (Å²) < 4.78 is 1.76. The van der Waals surface area contributed by atoms with E-state index in [1.807, 2.05) is 19.2 Å². The monoisotopic (exact) mass is 245 g/mol. The molecular formula is C13H15N3O2. The highest BCUT2D eigenvalue weighted by atomic mass is 16.3. The normalized spacial score (nSPS) is 12.1. The lowest BCUT2D eigenvalue weighted by atomic mass is 10.2. The smallest absolute Gasteiger partial charge is 0.251 e. The van der Waals surface area contributed by atoms with Crippen LogP contribution in [0.2, 0.25) is 0 Å². The number of carbonyl (C=O) groups excluding carboxylic acids is 1. The van der Waals surface area contributed by atoms with Crippen molar-refractivity contribution in [3.05, 3.63) is 48.3 Å². The molecule has 0 aliphatic carbocycles. The molecule has 0 fully saturated rings. The van der Waals surface area contributed by atoms with Crippen LogP contribution in [-0.4, -0.2) is 26.8 Å². The third-order valence-electron chi connectivity index (χ3n) is 2.51. The Kier molecular flexibility index (Phi) is 3.62. The second-order valence-electron chi connectivity index (χ2n) is 4.15. The fourth-order valence-electron chi connectivity index (χ4n) is 1.69. The fourth-order valence-corrected chi connectivity index (χ4v) is 1.69. The first-order valence-corrected chi connectivity index (χ1v) is 5.72. The van der Waals surface area contributed by atoms with Crippen LogP contribution in [0.3, 0.4) is 0 Å². The van der Waals surface area contributed by atoms with Crippen LogP contribution in [0.25, 0.3) is 0 Å². The van der Waals surface area contributed by atoms with Crippen LogP contribution >= 0.6 is 0 Å². The molecule has 2 aromatic rings. The van der Waals surface area contributed by atoms with Crippen molar-refractivity contribution in [2.24, 2.45) is 0 Å². The van der Waals surface area contributed by atoms with Crippen molar-refractivity contribution in [2.75, 3.05) is 0 Å². The van der Waals surface area contributed by atoms with Gasteiger partial charge in [-0.3, -0.25) is 9.48 Å². The standard InChI is InChI=1S/C13H15N3O2/c1-10(9-16-7-3-6-14-16)15-13(18)11-4-2-5-12(17)8-11/h2-8,10,17H,9H2,1H3,(H,15,18). The van der Waals surface area contributed by atoms with E-state index in [-0.39, 0.29) is 17.7 Å². The van der Waals surface area contributed by atoms with Crippen molar-refractivity contribution in [1.29, 1.82) is 0 Å². The molecule has 94 valence electrons. The minimum Gasteiger partial charge on any atom is -0.508 e. The summed E-state index contributed by atoms with van der Waals surface area (Å²) in [5, 5.41) is 16.2. The summed E-state index contributed by atoms with van der Waals surface area (Å²) in [6, 6.07) is 8.07. The van der Waals surface area contributed by atoms with Crippen molar-refractivity contribution in [2.45, 2.75) is 19.5 Å². The Morgan fingerprint density at radius 2 is 2.33 bits per heavy atom. The van der Waals surface area contributed by atoms with Gasteiger partial charge in [0, 0.05) is 24.0 Å². The summed E-state index contributed by atoms with van der Waals surface area (Å²) in [5.41, 5.74) is 0.447. The number of amides is 1. The van der Waals surface area contributed by atoms with Gasteiger partial charge >= 0.3 is 0 Å². The second-order valence-corrected chi connectivity index (χ2v) is 4.15. The maximum Gasteiger partial charge on any atom is 0.251 e. The van der Waals surface area contributed by atoms with Gasteiger partial charge in [0.1, 0.15) is 5.75 Å². The lowest BCUT2D eigenvalue weighted by Crippen LogP contribution is -2.35. The third-order valence-corrected chi connectivity index (χ3v) is 2.51. The Labute approximate surface area is 105 Å². The van der Waals surface area contributed by atoms with Gasteiger partial charge in [0.2, 0.25) is 0 Å². The first-order chi connectivity index (χ1) is 8.65. The van der Waals surface area contributed by atoms with Gasteiger partial charge in [0.05, 0.1) is 6.54 Å². The average molecular weight is 245 g/mol. The van der Waals surface area contributed by atoms with E-state index in [1.54, 1.807) is 23.0 Å². The number of rotatable bonds is 4. The molecule has 5 nitrogen and oxygen atoms in total. The minimum absolute atomic E-state index is 0.0419. The predicted molar refractivity (Wildman–Crippen MR) is 67.3 cm³/mol. The average Bonchev–Trinajstić information content (AvgIpc) is 2.81. The molecule has 0 aliphatic heterocycles. The molecule has 0 radical (unpaired) electrons. The number of aromatic nitrogens is 2. The summed E-state index contributed by atoms with van der Waals surface area (Å²) in [5.74, 6) is -0.118. The number of carbonyl (C=O) groups is 1. The molecule has 5 heteroatoms. The molecule has 1 aromatic carbocycles. The van der Waals surface area contributed by atoms with E-state index in [9.17, 15) is 9.90 Å². The van der Waals surface area contributed by atoms with Gasteiger partial charge in [0.15, 0.2) is 0 Å². The Morgan fingerprint density at radius 1 is 1.50 bits per heavy atom. The number of phenols is 1. The van der Waals surface area contributed by atoms with Gasteiger partial charge in [-0.25, -0.2) is 0 Å². The fraction of sp³-hybridized carbons (Fsp3) is 0.231. The summed E-state index contributed by atoms with van der Waals surface area (Å²) >= 11 is 0.